The maximum atomic E-state index is 4.81. The number of hydrogen-bond donors (Lipinski definition) is 0. The normalized spacial score (nSPS) is 12.0. The number of nitrogens with zero attached hydrogens (tertiary/aromatic N) is 6. The Hall–Kier alpha value is -9.61. The molecule has 0 unspecified atom stereocenters. The molecule has 0 N–H and O–H groups in total. The van der Waals surface area contributed by atoms with Crippen LogP contribution in [-0.2, 0) is 31.9 Å². The van der Waals surface area contributed by atoms with Crippen LogP contribution in [-0.4, -0.2) is 28.2 Å². The largest absolute Gasteiger partial charge is 2.00 e. The minimum atomic E-state index is 0. The first-order chi connectivity index (χ1) is 40.9. The number of pyridine rings is 2. The summed E-state index contributed by atoms with van der Waals surface area (Å²) in [6, 6.07) is 94.1. The molecule has 0 aliphatic carbocycles. The van der Waals surface area contributed by atoms with E-state index in [1.807, 2.05) is 24.5 Å². The maximum Gasteiger partial charge on any atom is 2.00 e. The molecule has 0 atom stereocenters. The third kappa shape index (κ3) is 9.15. The molecule has 0 aliphatic rings. The first kappa shape index (κ1) is 53.4. The third-order valence-corrected chi connectivity index (χ3v) is 16.9. The zero-order chi connectivity index (χ0) is 56.8. The molecule has 0 radical (unpaired) electrons. The summed E-state index contributed by atoms with van der Waals surface area (Å²) in [6.45, 7) is 13.4. The Morgan fingerprint density at radius 2 is 0.612 bits per heavy atom. The van der Waals surface area contributed by atoms with Gasteiger partial charge in [0.15, 0.2) is 0 Å². The van der Waals surface area contributed by atoms with Crippen LogP contribution in [0, 0.1) is 12.1 Å². The number of aromatic nitrogens is 6. The molecule has 10 aromatic carbocycles. The Kier molecular flexibility index (Phi) is 13.1. The summed E-state index contributed by atoms with van der Waals surface area (Å²) in [5, 5.41) is 9.80. The van der Waals surface area contributed by atoms with Crippen LogP contribution < -0.4 is 0 Å². The zero-order valence-electron chi connectivity index (χ0n) is 48.2. The molecule has 0 saturated carbocycles. The molecule has 412 valence electrons. The maximum absolute atomic E-state index is 4.81. The third-order valence-electron chi connectivity index (χ3n) is 16.9. The van der Waals surface area contributed by atoms with Crippen molar-refractivity contribution >= 4 is 87.2 Å². The van der Waals surface area contributed by atoms with Gasteiger partial charge in [0, 0.05) is 56.3 Å². The van der Waals surface area contributed by atoms with Crippen molar-refractivity contribution in [2.24, 2.45) is 0 Å². The predicted octanol–water partition coefficient (Wildman–Crippen LogP) is 20.1. The second-order valence-electron chi connectivity index (χ2n) is 24.1. The van der Waals surface area contributed by atoms with E-state index < -0.39 is 0 Å². The average molecular weight is 1280 g/mol. The van der Waals surface area contributed by atoms with Crippen molar-refractivity contribution in [3.63, 3.8) is 0 Å². The quantitative estimate of drug-likeness (QED) is 0.156. The van der Waals surface area contributed by atoms with Crippen molar-refractivity contribution in [1.82, 2.24) is 28.2 Å². The van der Waals surface area contributed by atoms with E-state index in [9.17, 15) is 0 Å². The van der Waals surface area contributed by atoms with Gasteiger partial charge in [0.25, 0.3) is 0 Å². The van der Waals surface area contributed by atoms with E-state index in [1.165, 1.54) is 110 Å². The molecule has 6 heterocycles. The summed E-state index contributed by atoms with van der Waals surface area (Å²) < 4.78 is 9.22. The summed E-state index contributed by atoms with van der Waals surface area (Å²) >= 11 is 0. The van der Waals surface area contributed by atoms with Crippen LogP contribution in [0.1, 0.15) is 52.7 Å². The minimum absolute atomic E-state index is 0. The van der Waals surface area contributed by atoms with Gasteiger partial charge in [-0.15, -0.1) is 10.8 Å². The molecule has 85 heavy (non-hydrogen) atoms. The van der Waals surface area contributed by atoms with Crippen molar-refractivity contribution in [1.29, 1.82) is 0 Å². The molecular formula is C78H60N6Pt. The van der Waals surface area contributed by atoms with E-state index in [1.54, 1.807) is 0 Å². The number of fused-ring (bicyclic) bond motifs is 12. The van der Waals surface area contributed by atoms with Crippen LogP contribution in [0.15, 0.2) is 255 Å². The Morgan fingerprint density at radius 1 is 0.294 bits per heavy atom. The molecule has 0 fully saturated rings. The molecule has 16 rings (SSSR count). The van der Waals surface area contributed by atoms with Crippen LogP contribution in [0.5, 0.6) is 0 Å². The van der Waals surface area contributed by atoms with Crippen molar-refractivity contribution in [3.05, 3.63) is 278 Å². The van der Waals surface area contributed by atoms with Gasteiger partial charge in [0.2, 0.25) is 0 Å². The second kappa shape index (κ2) is 20.9. The molecule has 6 aromatic heterocycles. The van der Waals surface area contributed by atoms with E-state index >= 15 is 0 Å². The summed E-state index contributed by atoms with van der Waals surface area (Å²) in [7, 11) is 0. The van der Waals surface area contributed by atoms with Crippen molar-refractivity contribution < 1.29 is 21.1 Å². The number of rotatable bonds is 6. The van der Waals surface area contributed by atoms with E-state index in [2.05, 4.69) is 302 Å². The van der Waals surface area contributed by atoms with Crippen LogP contribution in [0.3, 0.4) is 0 Å². The molecule has 0 bridgehead atoms. The molecule has 6 nitrogen and oxygen atoms in total. The number of hydrogen-bond acceptors (Lipinski definition) is 2. The topological polar surface area (TPSA) is 45.5 Å². The van der Waals surface area contributed by atoms with Crippen LogP contribution in [0.4, 0.5) is 0 Å². The first-order valence-corrected chi connectivity index (χ1v) is 29.0. The first-order valence-electron chi connectivity index (χ1n) is 29.0. The fourth-order valence-electron chi connectivity index (χ4n) is 12.7. The standard InChI is InChI=1S/2C39H30N3.Pt/c2*1-39(2,3)28-21-22-40-38(25-28)42-35-16-10-8-14-31(35)33-24-27(18-20-37(33)42)26-17-19-36-32(23-26)30-13-7-9-15-34(30)41(36)29-11-5-4-6-12-29;/h2*4-15,17-25H,1-3H3;/q2*-1;+2. The molecule has 0 spiro atoms. The van der Waals surface area contributed by atoms with Gasteiger partial charge < -0.3 is 18.3 Å². The smallest absolute Gasteiger partial charge is 0.319 e. The number of para-hydroxylation sites is 6. The fraction of sp³-hybridized carbons (Fsp3) is 0.103. The molecule has 0 saturated heterocycles. The SMILES string of the molecule is CC(C)(C)c1ccnc(-n2c3[c-]cccc3c3cc(-c4ccc5c(c4)c4ccccc4n5-c4ccccc4)ccc32)c1.CC(C)(C)c1ccnc(-n2c3[c-]cccc3c3cc(-c4ccc5c(c4)c4ccccc4n5-c4ccccc4)ccc32)c1.[Pt+2]. The van der Waals surface area contributed by atoms with Crippen molar-refractivity contribution in [2.75, 3.05) is 0 Å². The van der Waals surface area contributed by atoms with E-state index in [0.717, 1.165) is 33.7 Å². The van der Waals surface area contributed by atoms with Crippen LogP contribution in [0.25, 0.3) is 132 Å². The predicted molar refractivity (Wildman–Crippen MR) is 352 cm³/mol. The molecule has 16 aromatic rings. The van der Waals surface area contributed by atoms with Gasteiger partial charge in [-0.3, -0.25) is 0 Å². The summed E-state index contributed by atoms with van der Waals surface area (Å²) in [5.74, 6) is 1.85. The van der Waals surface area contributed by atoms with Gasteiger partial charge in [-0.25, -0.2) is 9.97 Å². The summed E-state index contributed by atoms with van der Waals surface area (Å²) in [4.78, 5) is 9.61. The van der Waals surface area contributed by atoms with Gasteiger partial charge in [-0.2, -0.15) is 48.5 Å². The van der Waals surface area contributed by atoms with Gasteiger partial charge in [0.05, 0.1) is 22.1 Å². The van der Waals surface area contributed by atoms with E-state index in [0.29, 0.717) is 0 Å². The fourth-order valence-corrected chi connectivity index (χ4v) is 12.7. The van der Waals surface area contributed by atoms with Gasteiger partial charge in [0.1, 0.15) is 11.6 Å². The molecular weight excluding hydrogens is 1220 g/mol. The van der Waals surface area contributed by atoms with Crippen molar-refractivity contribution in [3.8, 4) is 45.3 Å². The molecule has 7 heteroatoms. The Bertz CT molecular complexity index is 4890. The van der Waals surface area contributed by atoms with Gasteiger partial charge >= 0.3 is 21.1 Å². The molecule has 0 amide bonds. The average Bonchev–Trinajstić information content (AvgIpc) is 2.36. The Balaban J connectivity index is 0.000000149. The van der Waals surface area contributed by atoms with Crippen LogP contribution in [0.2, 0.25) is 0 Å². The Labute approximate surface area is 509 Å². The second-order valence-corrected chi connectivity index (χ2v) is 24.1. The van der Waals surface area contributed by atoms with Crippen LogP contribution >= 0.6 is 0 Å². The van der Waals surface area contributed by atoms with E-state index in [-0.39, 0.29) is 31.9 Å². The van der Waals surface area contributed by atoms with Gasteiger partial charge in [-0.1, -0.05) is 162 Å². The van der Waals surface area contributed by atoms with Gasteiger partial charge in [-0.05, 0) is 152 Å². The number of benzene rings is 10. The monoisotopic (exact) mass is 1280 g/mol. The Morgan fingerprint density at radius 3 is 0.988 bits per heavy atom. The zero-order valence-corrected chi connectivity index (χ0v) is 50.5. The summed E-state index contributed by atoms with van der Waals surface area (Å²) in [6.07, 6.45) is 3.85. The minimum Gasteiger partial charge on any atom is -0.319 e. The van der Waals surface area contributed by atoms with Crippen molar-refractivity contribution in [2.45, 2.75) is 52.4 Å². The summed E-state index contributed by atoms with van der Waals surface area (Å²) in [5.41, 5.74) is 19.0. The van der Waals surface area contributed by atoms with E-state index in [4.69, 9.17) is 9.97 Å². The molecule has 0 aliphatic heterocycles.